The third-order valence-electron chi connectivity index (χ3n) is 4.81. The number of carbonyl (C=O) groups excluding carboxylic acids is 5. The van der Waals surface area contributed by atoms with Crippen LogP contribution in [-0.4, -0.2) is 89.5 Å². The Morgan fingerprint density at radius 2 is 1.07 bits per heavy atom. The summed E-state index contributed by atoms with van der Waals surface area (Å²) in [6.07, 6.45) is 2.15. The molecule has 0 aromatic carbocycles. The molecule has 0 unspecified atom stereocenters. The molecular weight excluding hydrogens is 388 g/mol. The van der Waals surface area contributed by atoms with Crippen LogP contribution in [0.5, 0.6) is 0 Å². The number of imide groups is 2. The molecule has 0 spiro atoms. The van der Waals surface area contributed by atoms with Crippen LogP contribution >= 0.6 is 0 Å². The molecule has 1 fully saturated rings. The Labute approximate surface area is 178 Å². The van der Waals surface area contributed by atoms with Crippen LogP contribution < -0.4 is 0 Å². The SMILES string of the molecule is C=C(C)C(=O)N(C)CCCCN1C(=O)C(=O)N(CCCCN(C)C(=O)C(=C)C)C1=O. The molecule has 0 atom stereocenters. The lowest BCUT2D eigenvalue weighted by atomic mass is 10.2. The number of unbranched alkanes of at least 4 members (excludes halogenated alkanes) is 2. The average molecular weight is 421 g/mol. The Hall–Kier alpha value is -2.97. The van der Waals surface area contributed by atoms with E-state index >= 15 is 0 Å². The second kappa shape index (κ2) is 11.3. The van der Waals surface area contributed by atoms with E-state index in [0.29, 0.717) is 49.9 Å². The molecule has 0 aromatic heterocycles. The minimum atomic E-state index is -0.819. The highest BCUT2D eigenvalue weighted by atomic mass is 16.2. The second-order valence-corrected chi connectivity index (χ2v) is 7.62. The molecule has 0 radical (unpaired) electrons. The van der Waals surface area contributed by atoms with Crippen LogP contribution in [0.2, 0.25) is 0 Å². The van der Waals surface area contributed by atoms with Crippen LogP contribution in [0.3, 0.4) is 0 Å². The maximum atomic E-state index is 12.4. The molecule has 166 valence electrons. The zero-order valence-electron chi connectivity index (χ0n) is 18.4. The van der Waals surface area contributed by atoms with Crippen LogP contribution in [0.4, 0.5) is 4.79 Å². The minimum absolute atomic E-state index is 0.130. The van der Waals surface area contributed by atoms with Crippen molar-refractivity contribution < 1.29 is 24.0 Å². The van der Waals surface area contributed by atoms with Gasteiger partial charge in [-0.2, -0.15) is 0 Å². The summed E-state index contributed by atoms with van der Waals surface area (Å²) in [6, 6.07) is -0.609. The summed E-state index contributed by atoms with van der Waals surface area (Å²) in [6.45, 7) is 11.7. The van der Waals surface area contributed by atoms with Gasteiger partial charge in [0, 0.05) is 51.4 Å². The maximum absolute atomic E-state index is 12.4. The van der Waals surface area contributed by atoms with E-state index in [4.69, 9.17) is 0 Å². The van der Waals surface area contributed by atoms with E-state index in [1.807, 2.05) is 0 Å². The Morgan fingerprint density at radius 3 is 1.37 bits per heavy atom. The zero-order chi connectivity index (χ0) is 23.0. The van der Waals surface area contributed by atoms with Gasteiger partial charge in [-0.15, -0.1) is 0 Å². The highest BCUT2D eigenvalue weighted by Crippen LogP contribution is 2.14. The highest BCUT2D eigenvalue weighted by molar-refractivity contribution is 6.44. The van der Waals surface area contributed by atoms with Crippen LogP contribution in [0, 0.1) is 0 Å². The fourth-order valence-electron chi connectivity index (χ4n) is 3.04. The van der Waals surface area contributed by atoms with Crippen molar-refractivity contribution in [3.63, 3.8) is 0 Å². The van der Waals surface area contributed by atoms with Gasteiger partial charge in [0.25, 0.3) is 0 Å². The molecule has 0 aromatic rings. The quantitative estimate of drug-likeness (QED) is 0.206. The highest BCUT2D eigenvalue weighted by Gasteiger charge is 2.43. The van der Waals surface area contributed by atoms with Gasteiger partial charge < -0.3 is 9.80 Å². The number of carbonyl (C=O) groups is 5. The van der Waals surface area contributed by atoms with Gasteiger partial charge >= 0.3 is 17.8 Å². The topological polar surface area (TPSA) is 98.3 Å². The van der Waals surface area contributed by atoms with Gasteiger partial charge in [0.15, 0.2) is 0 Å². The minimum Gasteiger partial charge on any atom is -0.342 e. The summed E-state index contributed by atoms with van der Waals surface area (Å²) in [5, 5.41) is 0. The first kappa shape index (κ1) is 25.1. The van der Waals surface area contributed by atoms with Crippen molar-refractivity contribution in [2.45, 2.75) is 39.5 Å². The van der Waals surface area contributed by atoms with Gasteiger partial charge in [0.05, 0.1) is 0 Å². The average Bonchev–Trinajstić information content (AvgIpc) is 2.89. The van der Waals surface area contributed by atoms with E-state index < -0.39 is 17.8 Å². The van der Waals surface area contributed by atoms with Crippen molar-refractivity contribution in [2.24, 2.45) is 0 Å². The molecule has 1 aliphatic heterocycles. The molecule has 1 aliphatic rings. The molecule has 0 aliphatic carbocycles. The van der Waals surface area contributed by atoms with Crippen molar-refractivity contribution >= 4 is 29.7 Å². The largest absolute Gasteiger partial charge is 0.342 e. The first-order valence-electron chi connectivity index (χ1n) is 9.98. The number of amides is 6. The molecule has 30 heavy (non-hydrogen) atoms. The Kier molecular flexibility index (Phi) is 9.42. The molecular formula is C21H32N4O5. The van der Waals surface area contributed by atoms with Gasteiger partial charge in [-0.05, 0) is 39.5 Å². The number of likely N-dealkylation sites (N-methyl/N-ethyl adjacent to an activating group) is 2. The lowest BCUT2D eigenvalue weighted by Crippen LogP contribution is -2.35. The van der Waals surface area contributed by atoms with Gasteiger partial charge in [0.1, 0.15) is 0 Å². The van der Waals surface area contributed by atoms with E-state index in [9.17, 15) is 24.0 Å². The first-order valence-corrected chi connectivity index (χ1v) is 9.98. The molecule has 9 heteroatoms. The van der Waals surface area contributed by atoms with Gasteiger partial charge in [-0.25, -0.2) is 4.79 Å². The van der Waals surface area contributed by atoms with Crippen molar-refractivity contribution in [1.82, 2.24) is 19.6 Å². The Balaban J connectivity index is 2.43. The van der Waals surface area contributed by atoms with Crippen molar-refractivity contribution in [1.29, 1.82) is 0 Å². The normalized spacial score (nSPS) is 13.7. The molecule has 0 saturated carbocycles. The fourth-order valence-corrected chi connectivity index (χ4v) is 3.04. The number of urea groups is 1. The summed E-state index contributed by atoms with van der Waals surface area (Å²) >= 11 is 0. The van der Waals surface area contributed by atoms with E-state index in [2.05, 4.69) is 13.2 Å². The van der Waals surface area contributed by atoms with Crippen LogP contribution in [0.25, 0.3) is 0 Å². The van der Waals surface area contributed by atoms with Gasteiger partial charge in [-0.1, -0.05) is 13.2 Å². The molecule has 0 N–H and O–H groups in total. The summed E-state index contributed by atoms with van der Waals surface area (Å²) in [7, 11) is 3.32. The predicted octanol–water partition coefficient (Wildman–Crippen LogP) is 1.41. The lowest BCUT2D eigenvalue weighted by molar-refractivity contribution is -0.143. The van der Waals surface area contributed by atoms with Crippen LogP contribution in [0.1, 0.15) is 39.5 Å². The molecule has 6 amide bonds. The number of hydrogen-bond acceptors (Lipinski definition) is 5. The zero-order valence-corrected chi connectivity index (χ0v) is 18.4. The van der Waals surface area contributed by atoms with E-state index in [0.717, 1.165) is 9.80 Å². The van der Waals surface area contributed by atoms with Gasteiger partial charge in [0.2, 0.25) is 11.8 Å². The van der Waals surface area contributed by atoms with E-state index in [1.54, 1.807) is 27.9 Å². The summed E-state index contributed by atoms with van der Waals surface area (Å²) in [5.74, 6) is -1.94. The van der Waals surface area contributed by atoms with Crippen LogP contribution in [0.15, 0.2) is 24.3 Å². The standard InChI is InChI=1S/C21H32N4O5/c1-15(2)17(26)22(5)11-7-9-13-24-19(28)20(29)25(21(24)30)14-10-8-12-23(6)18(27)16(3)4/h1,3,7-14H2,2,4-6H3. The second-order valence-electron chi connectivity index (χ2n) is 7.62. The van der Waals surface area contributed by atoms with E-state index in [1.165, 1.54) is 9.80 Å². The fraction of sp³-hybridized carbons (Fsp3) is 0.571. The maximum Gasteiger partial charge on any atom is 0.334 e. The Bertz CT molecular complexity index is 686. The van der Waals surface area contributed by atoms with Crippen LogP contribution in [-0.2, 0) is 19.2 Å². The lowest BCUT2D eigenvalue weighted by Gasteiger charge is -2.19. The molecule has 9 nitrogen and oxygen atoms in total. The first-order chi connectivity index (χ1) is 14.0. The monoisotopic (exact) mass is 420 g/mol. The van der Waals surface area contributed by atoms with Gasteiger partial charge in [-0.3, -0.25) is 29.0 Å². The number of nitrogens with zero attached hydrogens (tertiary/aromatic N) is 4. The Morgan fingerprint density at radius 1 is 0.733 bits per heavy atom. The van der Waals surface area contributed by atoms with E-state index in [-0.39, 0.29) is 24.9 Å². The molecule has 0 bridgehead atoms. The predicted molar refractivity (Wildman–Crippen MR) is 112 cm³/mol. The third-order valence-corrected chi connectivity index (χ3v) is 4.81. The smallest absolute Gasteiger partial charge is 0.334 e. The van der Waals surface area contributed by atoms with Crippen molar-refractivity contribution in [3.05, 3.63) is 24.3 Å². The third kappa shape index (κ3) is 6.53. The molecule has 1 saturated heterocycles. The van der Waals surface area contributed by atoms with Crippen molar-refractivity contribution in [3.8, 4) is 0 Å². The van der Waals surface area contributed by atoms with Crippen molar-refractivity contribution in [2.75, 3.05) is 40.3 Å². The molecule has 1 heterocycles. The molecule has 1 rings (SSSR count). The number of rotatable bonds is 12. The number of hydrogen-bond donors (Lipinski definition) is 0. The summed E-state index contributed by atoms with van der Waals surface area (Å²) < 4.78 is 0. The summed E-state index contributed by atoms with van der Waals surface area (Å²) in [5.41, 5.74) is 0.887. The summed E-state index contributed by atoms with van der Waals surface area (Å²) in [4.78, 5) is 65.2.